The maximum Gasteiger partial charge on any atom is 0.495 e. The molecule has 5 nitrogen and oxygen atoms in total. The van der Waals surface area contributed by atoms with Crippen molar-refractivity contribution in [1.29, 1.82) is 0 Å². The van der Waals surface area contributed by atoms with Crippen LogP contribution in [0.4, 0.5) is 0 Å². The standard InChI is InChI=1S/C16H23BO5/c1-15(2)16(3,4)22-17(21-15)14-8-12(9-18)6-7-13(14)10-20-11-19-5/h6-9H,10-11H2,1-5H3. The van der Waals surface area contributed by atoms with Gasteiger partial charge in [-0.3, -0.25) is 4.79 Å². The highest BCUT2D eigenvalue weighted by molar-refractivity contribution is 6.62. The number of rotatable bonds is 6. The molecule has 1 aliphatic rings. The summed E-state index contributed by atoms with van der Waals surface area (Å²) in [5, 5.41) is 0. The van der Waals surface area contributed by atoms with Crippen LogP contribution in [0.1, 0.15) is 43.6 Å². The third-order valence-electron chi connectivity index (χ3n) is 4.27. The molecule has 0 amide bonds. The SMILES string of the molecule is COCOCc1ccc(C=O)cc1B1OC(C)(C)C(C)(C)O1. The molecule has 0 N–H and O–H groups in total. The third-order valence-corrected chi connectivity index (χ3v) is 4.27. The first-order valence-corrected chi connectivity index (χ1v) is 7.31. The zero-order valence-corrected chi connectivity index (χ0v) is 13.8. The van der Waals surface area contributed by atoms with Gasteiger partial charge >= 0.3 is 7.12 Å². The quantitative estimate of drug-likeness (QED) is 0.348. The summed E-state index contributed by atoms with van der Waals surface area (Å²) in [4.78, 5) is 11.1. The van der Waals surface area contributed by atoms with Crippen molar-refractivity contribution in [2.75, 3.05) is 13.9 Å². The summed E-state index contributed by atoms with van der Waals surface area (Å²) in [6.45, 7) is 8.56. The Morgan fingerprint density at radius 3 is 2.36 bits per heavy atom. The van der Waals surface area contributed by atoms with Gasteiger partial charge in [-0.15, -0.1) is 0 Å². The van der Waals surface area contributed by atoms with Gasteiger partial charge in [0.05, 0.1) is 17.8 Å². The zero-order chi connectivity index (χ0) is 16.4. The summed E-state index contributed by atoms with van der Waals surface area (Å²) in [6.07, 6.45) is 0.814. The van der Waals surface area contributed by atoms with Gasteiger partial charge in [0.25, 0.3) is 0 Å². The Kier molecular flexibility index (Phi) is 5.07. The van der Waals surface area contributed by atoms with Crippen molar-refractivity contribution < 1.29 is 23.6 Å². The van der Waals surface area contributed by atoms with Crippen molar-refractivity contribution in [2.45, 2.75) is 45.5 Å². The Hall–Kier alpha value is -1.21. The van der Waals surface area contributed by atoms with Crippen LogP contribution in [0.2, 0.25) is 0 Å². The topological polar surface area (TPSA) is 54.0 Å². The summed E-state index contributed by atoms with van der Waals surface area (Å²) < 4.78 is 22.5. The molecule has 22 heavy (non-hydrogen) atoms. The first kappa shape index (κ1) is 17.2. The number of benzene rings is 1. The van der Waals surface area contributed by atoms with E-state index >= 15 is 0 Å². The Balaban J connectivity index is 2.30. The molecule has 1 aromatic carbocycles. The van der Waals surface area contributed by atoms with Crippen LogP contribution in [0.25, 0.3) is 0 Å². The molecular formula is C16H23BO5. The summed E-state index contributed by atoms with van der Waals surface area (Å²) in [6, 6.07) is 5.41. The van der Waals surface area contributed by atoms with Crippen LogP contribution in [0.15, 0.2) is 18.2 Å². The molecule has 0 aliphatic carbocycles. The first-order chi connectivity index (χ1) is 10.3. The lowest BCUT2D eigenvalue weighted by atomic mass is 9.75. The van der Waals surface area contributed by atoms with Crippen LogP contribution in [0.3, 0.4) is 0 Å². The Labute approximate surface area is 132 Å². The normalized spacial score (nSPS) is 19.4. The smallest absolute Gasteiger partial charge is 0.399 e. The Morgan fingerprint density at radius 1 is 1.18 bits per heavy atom. The fourth-order valence-corrected chi connectivity index (χ4v) is 2.24. The molecule has 0 aromatic heterocycles. The van der Waals surface area contributed by atoms with E-state index in [2.05, 4.69) is 0 Å². The van der Waals surface area contributed by atoms with E-state index in [1.807, 2.05) is 33.8 Å². The molecule has 0 atom stereocenters. The van der Waals surface area contributed by atoms with E-state index in [4.69, 9.17) is 18.8 Å². The van der Waals surface area contributed by atoms with E-state index in [1.54, 1.807) is 19.2 Å². The van der Waals surface area contributed by atoms with Gasteiger partial charge in [-0.1, -0.05) is 18.2 Å². The van der Waals surface area contributed by atoms with Crippen molar-refractivity contribution in [1.82, 2.24) is 0 Å². The van der Waals surface area contributed by atoms with Crippen LogP contribution in [-0.2, 0) is 25.4 Å². The molecule has 1 heterocycles. The summed E-state index contributed by atoms with van der Waals surface area (Å²) in [7, 11) is 1.05. The molecule has 120 valence electrons. The second kappa shape index (κ2) is 6.50. The average molecular weight is 306 g/mol. The second-order valence-electron chi connectivity index (χ2n) is 6.42. The first-order valence-electron chi connectivity index (χ1n) is 7.31. The van der Waals surface area contributed by atoms with Gasteiger partial charge in [-0.25, -0.2) is 0 Å². The molecule has 1 saturated heterocycles. The number of carbonyl (C=O) groups is 1. The van der Waals surface area contributed by atoms with E-state index in [1.165, 1.54) is 0 Å². The van der Waals surface area contributed by atoms with Crippen LogP contribution in [0, 0.1) is 0 Å². The molecule has 2 rings (SSSR count). The Bertz CT molecular complexity index is 525. The molecule has 0 unspecified atom stereocenters. The zero-order valence-electron chi connectivity index (χ0n) is 13.8. The fourth-order valence-electron chi connectivity index (χ4n) is 2.24. The maximum atomic E-state index is 11.1. The van der Waals surface area contributed by atoms with Crippen LogP contribution < -0.4 is 5.46 Å². The van der Waals surface area contributed by atoms with Crippen molar-refractivity contribution in [2.24, 2.45) is 0 Å². The molecule has 6 heteroatoms. The van der Waals surface area contributed by atoms with Gasteiger partial charge in [0.2, 0.25) is 0 Å². The number of aldehydes is 1. The highest BCUT2D eigenvalue weighted by Gasteiger charge is 2.52. The van der Waals surface area contributed by atoms with E-state index < -0.39 is 18.3 Å². The van der Waals surface area contributed by atoms with Crippen molar-refractivity contribution in [3.63, 3.8) is 0 Å². The lowest BCUT2D eigenvalue weighted by Gasteiger charge is -2.32. The minimum absolute atomic E-state index is 0.207. The summed E-state index contributed by atoms with van der Waals surface area (Å²) in [5.74, 6) is 0. The lowest BCUT2D eigenvalue weighted by Crippen LogP contribution is -2.41. The van der Waals surface area contributed by atoms with Crippen molar-refractivity contribution >= 4 is 18.9 Å². The minimum Gasteiger partial charge on any atom is -0.399 e. The van der Waals surface area contributed by atoms with Crippen molar-refractivity contribution in [3.8, 4) is 0 Å². The molecule has 0 spiro atoms. The molecule has 0 saturated carbocycles. The van der Waals surface area contributed by atoms with Crippen LogP contribution in [0.5, 0.6) is 0 Å². The van der Waals surface area contributed by atoms with Crippen LogP contribution in [-0.4, -0.2) is 38.5 Å². The number of ether oxygens (including phenoxy) is 2. The second-order valence-corrected chi connectivity index (χ2v) is 6.42. The minimum atomic E-state index is -0.522. The summed E-state index contributed by atoms with van der Waals surface area (Å²) in [5.41, 5.74) is 1.46. The van der Waals surface area contributed by atoms with E-state index in [0.717, 1.165) is 17.3 Å². The number of hydrogen-bond donors (Lipinski definition) is 0. The van der Waals surface area contributed by atoms with Gasteiger partial charge in [-0.2, -0.15) is 0 Å². The van der Waals surface area contributed by atoms with E-state index in [9.17, 15) is 4.79 Å². The molecule has 0 bridgehead atoms. The summed E-state index contributed by atoms with van der Waals surface area (Å²) >= 11 is 0. The monoisotopic (exact) mass is 306 g/mol. The fraction of sp³-hybridized carbons (Fsp3) is 0.562. The number of carbonyl (C=O) groups excluding carboxylic acids is 1. The number of methoxy groups -OCH3 is 1. The molecule has 1 aliphatic heterocycles. The van der Waals surface area contributed by atoms with Gasteiger partial charge in [0, 0.05) is 12.7 Å². The van der Waals surface area contributed by atoms with Crippen LogP contribution >= 0.6 is 0 Å². The van der Waals surface area contributed by atoms with E-state index in [0.29, 0.717) is 12.2 Å². The third kappa shape index (κ3) is 3.41. The molecular weight excluding hydrogens is 283 g/mol. The predicted octanol–water partition coefficient (Wildman–Crippen LogP) is 1.92. The molecule has 1 fully saturated rings. The molecule has 0 radical (unpaired) electrons. The maximum absolute atomic E-state index is 11.1. The largest absolute Gasteiger partial charge is 0.495 e. The highest BCUT2D eigenvalue weighted by Crippen LogP contribution is 2.36. The predicted molar refractivity (Wildman–Crippen MR) is 84.2 cm³/mol. The lowest BCUT2D eigenvalue weighted by molar-refractivity contribution is -0.0388. The van der Waals surface area contributed by atoms with E-state index in [-0.39, 0.29) is 6.79 Å². The van der Waals surface area contributed by atoms with Gasteiger partial charge < -0.3 is 18.8 Å². The van der Waals surface area contributed by atoms with Gasteiger partial charge in [0.15, 0.2) is 0 Å². The molecule has 1 aromatic rings. The number of hydrogen-bond acceptors (Lipinski definition) is 5. The Morgan fingerprint density at radius 2 is 1.82 bits per heavy atom. The average Bonchev–Trinajstić information content (AvgIpc) is 2.68. The highest BCUT2D eigenvalue weighted by atomic mass is 16.7. The van der Waals surface area contributed by atoms with Crippen molar-refractivity contribution in [3.05, 3.63) is 29.3 Å². The van der Waals surface area contributed by atoms with Gasteiger partial charge in [-0.05, 0) is 38.7 Å². The van der Waals surface area contributed by atoms with Gasteiger partial charge in [0.1, 0.15) is 13.1 Å².